The number of hydrogen-bond donors (Lipinski definition) is 0. The second-order valence-corrected chi connectivity index (χ2v) is 18.7. The maximum absolute atomic E-state index is 9.57. The Hall–Kier alpha value is -3.17. The number of fused-ring (bicyclic) bond motifs is 3. The Kier molecular flexibility index (Phi) is 5.48. The number of rotatable bonds is 4. The van der Waals surface area contributed by atoms with Crippen molar-refractivity contribution in [1.29, 1.82) is 0 Å². The van der Waals surface area contributed by atoms with E-state index in [0.717, 1.165) is 57.2 Å². The van der Waals surface area contributed by atoms with Crippen LogP contribution in [0.1, 0.15) is 67.6 Å². The molecule has 0 N–H and O–H groups in total. The average Bonchev–Trinajstić information content (AvgIpc) is 3.32. The molecule has 2 heterocycles. The van der Waals surface area contributed by atoms with Crippen molar-refractivity contribution in [1.82, 2.24) is 0 Å². The summed E-state index contributed by atoms with van der Waals surface area (Å²) in [7, 11) is 0.525. The monoisotopic (exact) mass is 550 g/mol. The molecule has 0 amide bonds. The van der Waals surface area contributed by atoms with Gasteiger partial charge >= 0.3 is 0 Å². The molecule has 206 valence electrons. The molecule has 1 saturated carbocycles. The Bertz CT molecular complexity index is 1880. The summed E-state index contributed by atoms with van der Waals surface area (Å²) in [5, 5.41) is 3.52. The molecule has 3 aromatic carbocycles. The molecule has 0 atom stereocenters. The lowest BCUT2D eigenvalue weighted by atomic mass is 9.71. The van der Waals surface area contributed by atoms with Crippen LogP contribution in [-0.4, -0.2) is 8.07 Å². The van der Waals surface area contributed by atoms with Gasteiger partial charge in [-0.15, -0.1) is 0 Å². The van der Waals surface area contributed by atoms with Gasteiger partial charge in [-0.2, -0.15) is 0 Å². The first-order valence-electron chi connectivity index (χ1n) is 16.6. The summed E-state index contributed by atoms with van der Waals surface area (Å²) in [6.45, 7) is 11.3. The normalized spacial score (nSPS) is 18.8. The third-order valence-corrected chi connectivity index (χ3v) is 11.1. The number of aromatic nitrogens is 1. The molecule has 0 spiro atoms. The fraction of sp³-hybridized carbons (Fsp3) is 0.378. The molecule has 1 aliphatic carbocycles. The first-order valence-corrected chi connectivity index (χ1v) is 18.1. The van der Waals surface area contributed by atoms with E-state index in [-0.39, 0.29) is 11.0 Å². The minimum atomic E-state index is -2.31. The standard InChI is InChI=1S/C37H44NOSi/c1-24-9-15-31-30-16-12-28(26-10-13-29(14-11-26)40(6,7)8)21-34(30)39-36(31)35(24)33-22-32(25(2)23-38(33)5)27-17-19-37(3,4)20-18-27/h9-16,21-23,27H,17-20H2,1-8H3/q+1/i2D3,27D. The molecular formula is C37H44NOSi+. The molecule has 0 bridgehead atoms. The van der Waals surface area contributed by atoms with Gasteiger partial charge in [-0.05, 0) is 85.2 Å². The van der Waals surface area contributed by atoms with Crippen molar-refractivity contribution >= 4 is 35.2 Å². The lowest BCUT2D eigenvalue weighted by Crippen LogP contribution is -2.37. The van der Waals surface area contributed by atoms with E-state index in [9.17, 15) is 1.37 Å². The van der Waals surface area contributed by atoms with E-state index in [2.05, 4.69) is 95.0 Å². The highest BCUT2D eigenvalue weighted by Gasteiger charge is 2.30. The molecule has 0 aliphatic heterocycles. The van der Waals surface area contributed by atoms with Gasteiger partial charge in [0.2, 0.25) is 5.69 Å². The van der Waals surface area contributed by atoms with Gasteiger partial charge in [-0.1, -0.05) is 81.1 Å². The summed E-state index contributed by atoms with van der Waals surface area (Å²) in [5.41, 5.74) is 7.82. The topological polar surface area (TPSA) is 17.0 Å². The molecule has 6 rings (SSSR count). The Morgan fingerprint density at radius 3 is 2.25 bits per heavy atom. The number of aryl methyl sites for hydroxylation is 3. The van der Waals surface area contributed by atoms with Crippen molar-refractivity contribution in [2.24, 2.45) is 12.5 Å². The van der Waals surface area contributed by atoms with Gasteiger partial charge in [0, 0.05) is 27.9 Å². The van der Waals surface area contributed by atoms with Gasteiger partial charge in [-0.25, -0.2) is 4.57 Å². The molecule has 2 nitrogen and oxygen atoms in total. The second kappa shape index (κ2) is 9.73. The van der Waals surface area contributed by atoms with Gasteiger partial charge in [0.1, 0.15) is 18.2 Å². The van der Waals surface area contributed by atoms with E-state index in [1.165, 1.54) is 10.8 Å². The van der Waals surface area contributed by atoms with E-state index < -0.39 is 20.8 Å². The first-order chi connectivity index (χ1) is 20.5. The highest BCUT2D eigenvalue weighted by molar-refractivity contribution is 6.88. The molecule has 0 radical (unpaired) electrons. The maximum Gasteiger partial charge on any atom is 0.216 e. The highest BCUT2D eigenvalue weighted by atomic mass is 28.3. The van der Waals surface area contributed by atoms with E-state index in [1.807, 2.05) is 17.7 Å². The zero-order valence-corrected chi connectivity index (χ0v) is 26.0. The Morgan fingerprint density at radius 1 is 0.900 bits per heavy atom. The van der Waals surface area contributed by atoms with Crippen molar-refractivity contribution in [3.63, 3.8) is 0 Å². The molecule has 0 unspecified atom stereocenters. The van der Waals surface area contributed by atoms with Crippen LogP contribution in [0.3, 0.4) is 0 Å². The van der Waals surface area contributed by atoms with Crippen LogP contribution in [0.2, 0.25) is 19.6 Å². The molecule has 5 aromatic rings. The van der Waals surface area contributed by atoms with Crippen molar-refractivity contribution in [3.05, 3.63) is 83.6 Å². The zero-order chi connectivity index (χ0) is 31.8. The van der Waals surface area contributed by atoms with E-state index in [0.29, 0.717) is 18.4 Å². The van der Waals surface area contributed by atoms with Crippen LogP contribution >= 0.6 is 0 Å². The molecule has 1 aliphatic rings. The Morgan fingerprint density at radius 2 is 1.57 bits per heavy atom. The Balaban J connectivity index is 1.51. The summed E-state index contributed by atoms with van der Waals surface area (Å²) in [4.78, 5) is 0. The number of pyridine rings is 1. The summed E-state index contributed by atoms with van der Waals surface area (Å²) in [6.07, 6.45) is 4.82. The fourth-order valence-corrected chi connectivity index (χ4v) is 7.45. The van der Waals surface area contributed by atoms with Gasteiger partial charge in [-0.3, -0.25) is 0 Å². The molecular weight excluding hydrogens is 502 g/mol. The average molecular weight is 551 g/mol. The van der Waals surface area contributed by atoms with Gasteiger partial charge in [0.25, 0.3) is 0 Å². The molecule has 3 heteroatoms. The Labute approximate surface area is 246 Å². The molecule has 40 heavy (non-hydrogen) atoms. The van der Waals surface area contributed by atoms with E-state index in [1.54, 1.807) is 6.20 Å². The van der Waals surface area contributed by atoms with Crippen LogP contribution in [-0.2, 0) is 7.05 Å². The summed E-state index contributed by atoms with van der Waals surface area (Å²) >= 11 is 0. The van der Waals surface area contributed by atoms with Crippen molar-refractivity contribution < 1.29 is 14.5 Å². The lowest BCUT2D eigenvalue weighted by Gasteiger charge is -2.34. The van der Waals surface area contributed by atoms with E-state index >= 15 is 0 Å². The van der Waals surface area contributed by atoms with Crippen LogP contribution in [0.15, 0.2) is 71.3 Å². The van der Waals surface area contributed by atoms with Crippen molar-refractivity contribution in [2.75, 3.05) is 0 Å². The predicted octanol–water partition coefficient (Wildman–Crippen LogP) is 9.59. The highest BCUT2D eigenvalue weighted by Crippen LogP contribution is 2.44. The fourth-order valence-electron chi connectivity index (χ4n) is 6.29. The maximum atomic E-state index is 9.57. The van der Waals surface area contributed by atoms with Gasteiger partial charge in [0.15, 0.2) is 6.20 Å². The number of benzene rings is 3. The number of nitrogens with zero attached hydrogens (tertiary/aromatic N) is 1. The van der Waals surface area contributed by atoms with Crippen molar-refractivity contribution in [3.8, 4) is 22.4 Å². The second-order valence-electron chi connectivity index (χ2n) is 13.6. The number of hydrogen-bond acceptors (Lipinski definition) is 1. The number of furan rings is 1. The summed E-state index contributed by atoms with van der Waals surface area (Å²) < 4.78 is 43.3. The first kappa shape index (κ1) is 22.5. The summed E-state index contributed by atoms with van der Waals surface area (Å²) in [5.74, 6) is -0.947. The lowest BCUT2D eigenvalue weighted by molar-refractivity contribution is -0.660. The molecule has 1 fully saturated rings. The third kappa shape index (κ3) is 4.83. The van der Waals surface area contributed by atoms with Gasteiger partial charge < -0.3 is 4.42 Å². The van der Waals surface area contributed by atoms with Crippen LogP contribution in [0, 0.1) is 19.2 Å². The summed E-state index contributed by atoms with van der Waals surface area (Å²) in [6, 6.07) is 21.6. The quantitative estimate of drug-likeness (QED) is 0.161. The molecule has 2 aromatic heterocycles. The van der Waals surface area contributed by atoms with E-state index in [4.69, 9.17) is 8.53 Å². The minimum Gasteiger partial charge on any atom is -0.455 e. The zero-order valence-electron chi connectivity index (χ0n) is 29.0. The van der Waals surface area contributed by atoms with Gasteiger partial charge in [0.05, 0.1) is 13.6 Å². The predicted molar refractivity (Wildman–Crippen MR) is 173 cm³/mol. The minimum absolute atomic E-state index is 0.165. The van der Waals surface area contributed by atoms with Crippen molar-refractivity contribution in [2.45, 2.75) is 78.8 Å². The van der Waals surface area contributed by atoms with Crippen LogP contribution < -0.4 is 9.75 Å². The third-order valence-electron chi connectivity index (χ3n) is 9.05. The van der Waals surface area contributed by atoms with Crippen LogP contribution in [0.25, 0.3) is 44.3 Å². The SMILES string of the molecule is [2H]C([2H])([2H])c1c[n+](C)c(-c2c(C)ccc3c2oc2cc(-c4ccc([Si](C)(C)C)cc4)ccc23)cc1C1([2H])CCC(C)(C)CC1. The van der Waals surface area contributed by atoms with Crippen LogP contribution in [0.4, 0.5) is 0 Å². The van der Waals surface area contributed by atoms with Crippen LogP contribution in [0.5, 0.6) is 0 Å². The largest absolute Gasteiger partial charge is 0.455 e. The molecule has 0 saturated heterocycles. The smallest absolute Gasteiger partial charge is 0.216 e.